The van der Waals surface area contributed by atoms with Crippen molar-refractivity contribution in [3.63, 3.8) is 0 Å². The summed E-state index contributed by atoms with van der Waals surface area (Å²) in [5, 5.41) is 1.06. The minimum absolute atomic E-state index is 0.658. The molecule has 98 valence electrons. The summed E-state index contributed by atoms with van der Waals surface area (Å²) < 4.78 is 0. The second-order valence-electron chi connectivity index (χ2n) is 5.03. The summed E-state index contributed by atoms with van der Waals surface area (Å²) >= 11 is 1.71. The van der Waals surface area contributed by atoms with Gasteiger partial charge in [0.1, 0.15) is 10.7 Å². The molecular formula is C13H20N4S. The summed E-state index contributed by atoms with van der Waals surface area (Å²) in [5.74, 6) is 7.87. The minimum atomic E-state index is 0.658. The number of nitrogens with two attached hydrogens (primary N) is 1. The Balaban J connectivity index is 2.46. The van der Waals surface area contributed by atoms with E-state index in [4.69, 9.17) is 5.84 Å². The number of aryl methyl sites for hydroxylation is 3. The Morgan fingerprint density at radius 1 is 1.28 bits per heavy atom. The van der Waals surface area contributed by atoms with Crippen LogP contribution in [-0.4, -0.2) is 9.97 Å². The summed E-state index contributed by atoms with van der Waals surface area (Å²) in [5.41, 5.74) is 3.93. The van der Waals surface area contributed by atoms with Crippen molar-refractivity contribution in [3.8, 4) is 0 Å². The third-order valence-corrected chi connectivity index (χ3v) is 4.26. The predicted molar refractivity (Wildman–Crippen MR) is 77.9 cm³/mol. The van der Waals surface area contributed by atoms with E-state index >= 15 is 0 Å². The van der Waals surface area contributed by atoms with Gasteiger partial charge in [-0.15, -0.1) is 11.3 Å². The number of fused-ring (bicyclic) bond motifs is 1. The molecule has 0 saturated heterocycles. The van der Waals surface area contributed by atoms with Gasteiger partial charge in [0, 0.05) is 11.3 Å². The number of aromatic nitrogens is 2. The van der Waals surface area contributed by atoms with E-state index in [2.05, 4.69) is 43.1 Å². The van der Waals surface area contributed by atoms with Gasteiger partial charge < -0.3 is 5.43 Å². The molecule has 0 radical (unpaired) electrons. The number of thiophene rings is 1. The molecule has 2 rings (SSSR count). The molecule has 0 aliphatic heterocycles. The Morgan fingerprint density at radius 2 is 2.00 bits per heavy atom. The van der Waals surface area contributed by atoms with Gasteiger partial charge in [-0.05, 0) is 31.7 Å². The van der Waals surface area contributed by atoms with E-state index in [1.807, 2.05) is 0 Å². The van der Waals surface area contributed by atoms with Crippen molar-refractivity contribution in [3.05, 3.63) is 16.3 Å². The average Bonchev–Trinajstić information content (AvgIpc) is 2.61. The highest BCUT2D eigenvalue weighted by Gasteiger charge is 2.13. The zero-order valence-electron chi connectivity index (χ0n) is 11.4. The maximum atomic E-state index is 5.58. The van der Waals surface area contributed by atoms with E-state index in [0.717, 1.165) is 34.7 Å². The van der Waals surface area contributed by atoms with Gasteiger partial charge in [0.2, 0.25) is 0 Å². The highest BCUT2D eigenvalue weighted by Crippen LogP contribution is 2.33. The maximum Gasteiger partial charge on any atom is 0.152 e. The standard InChI is InChI=1S/C13H20N4S/c1-7(2)5-6-10-15-12(17-14)11-8(3)9(4)18-13(11)16-10/h7H,5-6,14H2,1-4H3,(H,15,16,17). The van der Waals surface area contributed by atoms with Gasteiger partial charge in [-0.3, -0.25) is 0 Å². The Morgan fingerprint density at radius 3 is 2.61 bits per heavy atom. The van der Waals surface area contributed by atoms with Crippen LogP contribution >= 0.6 is 11.3 Å². The zero-order valence-corrected chi connectivity index (χ0v) is 12.2. The van der Waals surface area contributed by atoms with E-state index in [1.54, 1.807) is 11.3 Å². The molecule has 2 aromatic rings. The van der Waals surface area contributed by atoms with Crippen LogP contribution in [0, 0.1) is 19.8 Å². The summed E-state index contributed by atoms with van der Waals surface area (Å²) in [6.07, 6.45) is 2.00. The molecule has 0 spiro atoms. The number of nitrogens with one attached hydrogen (secondary N) is 1. The van der Waals surface area contributed by atoms with Crippen LogP contribution in [0.5, 0.6) is 0 Å². The highest BCUT2D eigenvalue weighted by atomic mass is 32.1. The normalized spacial score (nSPS) is 11.4. The molecule has 0 fully saturated rings. The highest BCUT2D eigenvalue weighted by molar-refractivity contribution is 7.18. The van der Waals surface area contributed by atoms with Gasteiger partial charge >= 0.3 is 0 Å². The van der Waals surface area contributed by atoms with Crippen LogP contribution in [0.3, 0.4) is 0 Å². The van der Waals surface area contributed by atoms with Gasteiger partial charge in [-0.1, -0.05) is 13.8 Å². The van der Waals surface area contributed by atoms with E-state index < -0.39 is 0 Å². The largest absolute Gasteiger partial charge is 0.308 e. The van der Waals surface area contributed by atoms with Crippen LogP contribution in [0.1, 0.15) is 36.5 Å². The summed E-state index contributed by atoms with van der Waals surface area (Å²) in [4.78, 5) is 11.5. The van der Waals surface area contributed by atoms with Crippen molar-refractivity contribution < 1.29 is 0 Å². The van der Waals surface area contributed by atoms with Crippen LogP contribution in [0.2, 0.25) is 0 Å². The van der Waals surface area contributed by atoms with E-state index in [9.17, 15) is 0 Å². The molecule has 0 unspecified atom stereocenters. The third-order valence-electron chi connectivity index (χ3n) is 3.16. The number of hydrogen-bond donors (Lipinski definition) is 2. The third kappa shape index (κ3) is 2.47. The quantitative estimate of drug-likeness (QED) is 0.657. The summed E-state index contributed by atoms with van der Waals surface area (Å²) in [6.45, 7) is 8.61. The molecule has 3 N–H and O–H groups in total. The molecule has 0 amide bonds. The van der Waals surface area contributed by atoms with Gasteiger partial charge in [0.25, 0.3) is 0 Å². The summed E-state index contributed by atoms with van der Waals surface area (Å²) in [6, 6.07) is 0. The van der Waals surface area contributed by atoms with Crippen LogP contribution in [0.4, 0.5) is 5.82 Å². The van der Waals surface area contributed by atoms with Crippen LogP contribution in [-0.2, 0) is 6.42 Å². The molecule has 4 nitrogen and oxygen atoms in total. The molecule has 0 atom stereocenters. The number of nitrogens with zero attached hydrogens (tertiary/aromatic N) is 2. The minimum Gasteiger partial charge on any atom is -0.308 e. The van der Waals surface area contributed by atoms with Crippen LogP contribution < -0.4 is 11.3 Å². The zero-order chi connectivity index (χ0) is 13.3. The smallest absolute Gasteiger partial charge is 0.152 e. The van der Waals surface area contributed by atoms with Crippen molar-refractivity contribution in [2.45, 2.75) is 40.5 Å². The fourth-order valence-electron chi connectivity index (χ4n) is 1.93. The van der Waals surface area contributed by atoms with Crippen molar-refractivity contribution in [2.24, 2.45) is 11.8 Å². The van der Waals surface area contributed by atoms with Crippen molar-refractivity contribution in [1.29, 1.82) is 0 Å². The molecule has 0 aromatic carbocycles. The molecule has 5 heteroatoms. The molecule has 0 saturated carbocycles. The Bertz CT molecular complexity index is 560. The van der Waals surface area contributed by atoms with Crippen LogP contribution in [0.15, 0.2) is 0 Å². The molecule has 2 aromatic heterocycles. The second kappa shape index (κ2) is 5.20. The van der Waals surface area contributed by atoms with Crippen molar-refractivity contribution in [2.75, 3.05) is 5.43 Å². The molecule has 0 aliphatic rings. The molecule has 18 heavy (non-hydrogen) atoms. The number of rotatable bonds is 4. The first kappa shape index (κ1) is 13.2. The number of nitrogen functional groups attached to an aromatic ring is 1. The van der Waals surface area contributed by atoms with Crippen LogP contribution in [0.25, 0.3) is 10.2 Å². The fourth-order valence-corrected chi connectivity index (χ4v) is 2.98. The van der Waals surface area contributed by atoms with Gasteiger partial charge in [0.15, 0.2) is 5.82 Å². The molecule has 2 heterocycles. The fraction of sp³-hybridized carbons (Fsp3) is 0.538. The van der Waals surface area contributed by atoms with Gasteiger partial charge in [-0.2, -0.15) is 0 Å². The SMILES string of the molecule is Cc1sc2nc(CCC(C)C)nc(NN)c2c1C. The van der Waals surface area contributed by atoms with Crippen molar-refractivity contribution >= 4 is 27.4 Å². The topological polar surface area (TPSA) is 63.8 Å². The maximum absolute atomic E-state index is 5.58. The Kier molecular flexibility index (Phi) is 3.82. The lowest BCUT2D eigenvalue weighted by atomic mass is 10.1. The number of anilines is 1. The average molecular weight is 264 g/mol. The lowest BCUT2D eigenvalue weighted by Gasteiger charge is -2.07. The van der Waals surface area contributed by atoms with Gasteiger partial charge in [-0.25, -0.2) is 15.8 Å². The Labute approximate surface area is 112 Å². The number of hydrazine groups is 1. The first-order chi connectivity index (χ1) is 8.52. The first-order valence-electron chi connectivity index (χ1n) is 6.26. The number of hydrogen-bond acceptors (Lipinski definition) is 5. The first-order valence-corrected chi connectivity index (χ1v) is 7.07. The Hall–Kier alpha value is -1.20. The predicted octanol–water partition coefficient (Wildman–Crippen LogP) is 3.18. The van der Waals surface area contributed by atoms with E-state index in [1.165, 1.54) is 10.4 Å². The van der Waals surface area contributed by atoms with Crippen molar-refractivity contribution in [1.82, 2.24) is 9.97 Å². The van der Waals surface area contributed by atoms with Gasteiger partial charge in [0.05, 0.1) is 5.39 Å². The second-order valence-corrected chi connectivity index (χ2v) is 6.23. The molecular weight excluding hydrogens is 244 g/mol. The lowest BCUT2D eigenvalue weighted by molar-refractivity contribution is 0.576. The monoisotopic (exact) mass is 264 g/mol. The molecule has 0 bridgehead atoms. The molecule has 0 aliphatic carbocycles. The lowest BCUT2D eigenvalue weighted by Crippen LogP contribution is -2.11. The van der Waals surface area contributed by atoms with E-state index in [0.29, 0.717) is 5.92 Å². The summed E-state index contributed by atoms with van der Waals surface area (Å²) in [7, 11) is 0. The van der Waals surface area contributed by atoms with E-state index in [-0.39, 0.29) is 0 Å².